The molecule has 0 unspecified atom stereocenters. The number of nitrogens with zero attached hydrogens (tertiary/aromatic N) is 1. The highest BCUT2D eigenvalue weighted by atomic mass is 16.5. The summed E-state index contributed by atoms with van der Waals surface area (Å²) in [6.45, 7) is 4.99. The van der Waals surface area contributed by atoms with E-state index in [2.05, 4.69) is 10.2 Å². The number of carbonyl (C=O) groups excluding carboxylic acids is 1. The van der Waals surface area contributed by atoms with Crippen molar-refractivity contribution in [3.05, 3.63) is 24.2 Å². The summed E-state index contributed by atoms with van der Waals surface area (Å²) in [7, 11) is 0. The fourth-order valence-electron chi connectivity index (χ4n) is 1.65. The molecule has 16 heavy (non-hydrogen) atoms. The molecule has 0 aromatic carbocycles. The Labute approximate surface area is 94.4 Å². The molecule has 5 nitrogen and oxygen atoms in total. The zero-order valence-corrected chi connectivity index (χ0v) is 9.15. The van der Waals surface area contributed by atoms with Crippen molar-refractivity contribution >= 4 is 5.91 Å². The molecule has 1 aliphatic rings. The molecule has 0 aliphatic carbocycles. The molecule has 0 saturated carbocycles. The Balaban J connectivity index is 1.66. The van der Waals surface area contributed by atoms with Gasteiger partial charge in [0.2, 0.25) is 0 Å². The van der Waals surface area contributed by atoms with Crippen LogP contribution >= 0.6 is 0 Å². The second-order valence-corrected chi connectivity index (χ2v) is 3.72. The summed E-state index contributed by atoms with van der Waals surface area (Å²) in [4.78, 5) is 13.8. The number of ether oxygens (including phenoxy) is 1. The van der Waals surface area contributed by atoms with Gasteiger partial charge in [-0.05, 0) is 6.07 Å². The van der Waals surface area contributed by atoms with Gasteiger partial charge < -0.3 is 14.5 Å². The van der Waals surface area contributed by atoms with Crippen LogP contribution in [0.2, 0.25) is 0 Å². The van der Waals surface area contributed by atoms with Crippen LogP contribution in [0.15, 0.2) is 23.0 Å². The van der Waals surface area contributed by atoms with E-state index in [1.807, 2.05) is 0 Å². The SMILES string of the molecule is O=C(NCCN1CCOCC1)c1ccoc1. The van der Waals surface area contributed by atoms with Crippen LogP contribution in [0.25, 0.3) is 0 Å². The molecule has 88 valence electrons. The zero-order valence-electron chi connectivity index (χ0n) is 9.15. The molecule has 5 heteroatoms. The van der Waals surface area contributed by atoms with Crippen molar-refractivity contribution in [2.75, 3.05) is 39.4 Å². The maximum absolute atomic E-state index is 11.5. The lowest BCUT2D eigenvalue weighted by molar-refractivity contribution is 0.0383. The Bertz CT molecular complexity index is 318. The molecule has 0 spiro atoms. The minimum absolute atomic E-state index is 0.0815. The number of carbonyl (C=O) groups is 1. The lowest BCUT2D eigenvalue weighted by Gasteiger charge is -2.26. The zero-order chi connectivity index (χ0) is 11.2. The van der Waals surface area contributed by atoms with Gasteiger partial charge in [0.05, 0.1) is 25.0 Å². The molecule has 0 atom stereocenters. The van der Waals surface area contributed by atoms with Crippen molar-refractivity contribution in [1.82, 2.24) is 10.2 Å². The van der Waals surface area contributed by atoms with Gasteiger partial charge in [-0.2, -0.15) is 0 Å². The Morgan fingerprint density at radius 3 is 2.94 bits per heavy atom. The summed E-state index contributed by atoms with van der Waals surface area (Å²) in [6.07, 6.45) is 2.95. The van der Waals surface area contributed by atoms with Gasteiger partial charge in [0.25, 0.3) is 5.91 Å². The first kappa shape index (κ1) is 11.2. The fourth-order valence-corrected chi connectivity index (χ4v) is 1.65. The van der Waals surface area contributed by atoms with Gasteiger partial charge in [0.15, 0.2) is 0 Å². The van der Waals surface area contributed by atoms with Crippen molar-refractivity contribution in [3.63, 3.8) is 0 Å². The number of amides is 1. The van der Waals surface area contributed by atoms with E-state index < -0.39 is 0 Å². The van der Waals surface area contributed by atoms with Crippen LogP contribution in [0, 0.1) is 0 Å². The summed E-state index contributed by atoms with van der Waals surface area (Å²) in [5.41, 5.74) is 0.571. The van der Waals surface area contributed by atoms with Crippen molar-refractivity contribution in [2.24, 2.45) is 0 Å². The number of rotatable bonds is 4. The van der Waals surface area contributed by atoms with E-state index in [1.54, 1.807) is 6.07 Å². The monoisotopic (exact) mass is 224 g/mol. The van der Waals surface area contributed by atoms with E-state index in [0.717, 1.165) is 32.8 Å². The summed E-state index contributed by atoms with van der Waals surface area (Å²) in [6, 6.07) is 1.66. The Morgan fingerprint density at radius 1 is 1.44 bits per heavy atom. The van der Waals surface area contributed by atoms with Crippen LogP contribution in [-0.4, -0.2) is 50.2 Å². The molecule has 2 rings (SSSR count). The molecule has 1 aromatic rings. The van der Waals surface area contributed by atoms with Crippen molar-refractivity contribution in [1.29, 1.82) is 0 Å². The highest BCUT2D eigenvalue weighted by Gasteiger charge is 2.11. The lowest BCUT2D eigenvalue weighted by Crippen LogP contribution is -2.41. The second kappa shape index (κ2) is 5.67. The maximum atomic E-state index is 11.5. The average molecular weight is 224 g/mol. The topological polar surface area (TPSA) is 54.7 Å². The maximum Gasteiger partial charge on any atom is 0.254 e. The summed E-state index contributed by atoms with van der Waals surface area (Å²) in [5, 5.41) is 2.85. The number of furan rings is 1. The quantitative estimate of drug-likeness (QED) is 0.801. The molecule has 1 aromatic heterocycles. The van der Waals surface area contributed by atoms with Crippen LogP contribution in [0.4, 0.5) is 0 Å². The molecule has 0 radical (unpaired) electrons. The molecule has 0 bridgehead atoms. The smallest absolute Gasteiger partial charge is 0.254 e. The van der Waals surface area contributed by atoms with Crippen molar-refractivity contribution in [2.45, 2.75) is 0 Å². The van der Waals surface area contributed by atoms with Gasteiger partial charge in [-0.25, -0.2) is 0 Å². The van der Waals surface area contributed by atoms with E-state index in [1.165, 1.54) is 12.5 Å². The summed E-state index contributed by atoms with van der Waals surface area (Å²) < 4.78 is 10.1. The Hall–Kier alpha value is -1.33. The van der Waals surface area contributed by atoms with Crippen LogP contribution in [0.3, 0.4) is 0 Å². The van der Waals surface area contributed by atoms with Crippen LogP contribution < -0.4 is 5.32 Å². The highest BCUT2D eigenvalue weighted by molar-refractivity contribution is 5.93. The minimum Gasteiger partial charge on any atom is -0.472 e. The predicted octanol–water partition coefficient (Wildman–Crippen LogP) is 0.342. The van der Waals surface area contributed by atoms with Crippen molar-refractivity contribution < 1.29 is 13.9 Å². The first-order chi connectivity index (χ1) is 7.86. The molecular weight excluding hydrogens is 208 g/mol. The minimum atomic E-state index is -0.0815. The van der Waals surface area contributed by atoms with E-state index in [-0.39, 0.29) is 5.91 Å². The van der Waals surface area contributed by atoms with Gasteiger partial charge in [-0.15, -0.1) is 0 Å². The molecular formula is C11H16N2O3. The normalized spacial score (nSPS) is 17.2. The first-order valence-electron chi connectivity index (χ1n) is 5.47. The Morgan fingerprint density at radius 2 is 2.25 bits per heavy atom. The van der Waals surface area contributed by atoms with Gasteiger partial charge in [-0.3, -0.25) is 9.69 Å². The van der Waals surface area contributed by atoms with Crippen molar-refractivity contribution in [3.8, 4) is 0 Å². The molecule has 1 saturated heterocycles. The third kappa shape index (κ3) is 3.08. The molecule has 1 fully saturated rings. The number of hydrogen-bond acceptors (Lipinski definition) is 4. The third-order valence-corrected chi connectivity index (χ3v) is 2.60. The summed E-state index contributed by atoms with van der Waals surface area (Å²) >= 11 is 0. The average Bonchev–Trinajstić information content (AvgIpc) is 2.84. The first-order valence-corrected chi connectivity index (χ1v) is 5.47. The van der Waals surface area contributed by atoms with Gasteiger partial charge in [0, 0.05) is 26.2 Å². The number of nitrogens with one attached hydrogen (secondary N) is 1. The summed E-state index contributed by atoms with van der Waals surface area (Å²) in [5.74, 6) is -0.0815. The standard InChI is InChI=1S/C11H16N2O3/c14-11(10-1-6-16-9-10)12-2-3-13-4-7-15-8-5-13/h1,6,9H,2-5,7-8H2,(H,12,14). The largest absolute Gasteiger partial charge is 0.472 e. The van der Waals surface area contributed by atoms with E-state index in [4.69, 9.17) is 9.15 Å². The van der Waals surface area contributed by atoms with Gasteiger partial charge >= 0.3 is 0 Å². The number of morpholine rings is 1. The van der Waals surface area contributed by atoms with Gasteiger partial charge in [-0.1, -0.05) is 0 Å². The molecule has 1 aliphatic heterocycles. The van der Waals surface area contributed by atoms with Gasteiger partial charge in [0.1, 0.15) is 6.26 Å². The second-order valence-electron chi connectivity index (χ2n) is 3.72. The molecule has 2 heterocycles. The third-order valence-electron chi connectivity index (χ3n) is 2.60. The number of hydrogen-bond donors (Lipinski definition) is 1. The Kier molecular flexibility index (Phi) is 3.96. The van der Waals surface area contributed by atoms with E-state index in [9.17, 15) is 4.79 Å². The highest BCUT2D eigenvalue weighted by Crippen LogP contribution is 1.99. The van der Waals surface area contributed by atoms with Crippen LogP contribution in [0.5, 0.6) is 0 Å². The van der Waals surface area contributed by atoms with Crippen LogP contribution in [-0.2, 0) is 4.74 Å². The molecule has 1 amide bonds. The predicted molar refractivity (Wildman–Crippen MR) is 58.3 cm³/mol. The van der Waals surface area contributed by atoms with E-state index >= 15 is 0 Å². The van der Waals surface area contributed by atoms with E-state index in [0.29, 0.717) is 12.1 Å². The lowest BCUT2D eigenvalue weighted by atomic mass is 10.3. The fraction of sp³-hybridized carbons (Fsp3) is 0.545. The molecule has 1 N–H and O–H groups in total. The van der Waals surface area contributed by atoms with Crippen LogP contribution in [0.1, 0.15) is 10.4 Å².